The predicted octanol–water partition coefficient (Wildman–Crippen LogP) is 3.45. The van der Waals surface area contributed by atoms with Gasteiger partial charge in [-0.1, -0.05) is 48.0 Å². The van der Waals surface area contributed by atoms with E-state index in [2.05, 4.69) is 10.9 Å². The van der Waals surface area contributed by atoms with Gasteiger partial charge in [-0.25, -0.2) is 10.9 Å². The lowest BCUT2D eigenvalue weighted by Crippen LogP contribution is -2.39. The molecule has 2 aromatic carbocycles. The van der Waals surface area contributed by atoms with Crippen LogP contribution in [-0.4, -0.2) is 28.0 Å². The van der Waals surface area contributed by atoms with Crippen LogP contribution in [0.4, 0.5) is 0 Å². The highest BCUT2D eigenvalue weighted by atomic mass is 35.5. The van der Waals surface area contributed by atoms with E-state index >= 15 is 0 Å². The molecule has 1 fully saturated rings. The number of nitrogens with one attached hydrogen (secondary N) is 2. The maximum absolute atomic E-state index is 13.3. The molecule has 7 nitrogen and oxygen atoms in total. The van der Waals surface area contributed by atoms with E-state index in [9.17, 15) is 14.4 Å². The van der Waals surface area contributed by atoms with Crippen molar-refractivity contribution in [3.63, 3.8) is 0 Å². The summed E-state index contributed by atoms with van der Waals surface area (Å²) in [7, 11) is 0. The maximum Gasteiger partial charge on any atom is 0.265 e. The van der Waals surface area contributed by atoms with Crippen molar-refractivity contribution in [2.45, 2.75) is 29.0 Å². The number of benzene rings is 2. The summed E-state index contributed by atoms with van der Waals surface area (Å²) in [5.74, 6) is 4.19. The Hall–Kier alpha value is -2.85. The fraction of sp³-hybridized carbons (Fsp3) is 0.174. The first-order chi connectivity index (χ1) is 16.0. The Balaban J connectivity index is 1.58. The molecule has 2 heterocycles. The van der Waals surface area contributed by atoms with Crippen molar-refractivity contribution in [3.05, 3.63) is 87.1 Å². The fourth-order valence-corrected chi connectivity index (χ4v) is 5.47. The molecule has 3 amide bonds. The minimum Gasteiger partial charge on any atom is -0.294 e. The fourth-order valence-electron chi connectivity index (χ4n) is 3.55. The van der Waals surface area contributed by atoms with Gasteiger partial charge >= 0.3 is 0 Å². The van der Waals surface area contributed by atoms with Crippen LogP contribution < -0.4 is 16.7 Å². The average molecular weight is 501 g/mol. The number of carbonyl (C=O) groups is 3. The van der Waals surface area contributed by atoms with Gasteiger partial charge in [-0.3, -0.25) is 25.2 Å². The standard InChI is InChI=1S/C23H21ClN4O3S2/c24-17-3-1-2-4-18(17)33-21-22(30)27-28(23(21)31)20(16-11-12-32-13-16)15-8-5-14(6-9-15)7-10-19(29)26-25/h1-6,8-9,11-13,20-21H,7,10,25H2,(H,26,29)(H,27,30). The van der Waals surface area contributed by atoms with Crippen LogP contribution in [0, 0.1) is 0 Å². The highest BCUT2D eigenvalue weighted by Crippen LogP contribution is 2.37. The molecule has 1 aromatic heterocycles. The number of nitrogens with two attached hydrogens (primary N) is 1. The van der Waals surface area contributed by atoms with E-state index in [0.29, 0.717) is 16.3 Å². The van der Waals surface area contributed by atoms with Crippen molar-refractivity contribution >= 4 is 52.4 Å². The largest absolute Gasteiger partial charge is 0.294 e. The molecule has 2 unspecified atom stereocenters. The number of thioether (sulfide) groups is 1. The van der Waals surface area contributed by atoms with Crippen molar-refractivity contribution in [2.75, 3.05) is 0 Å². The zero-order valence-electron chi connectivity index (χ0n) is 17.4. The Kier molecular flexibility index (Phi) is 7.34. The molecule has 10 heteroatoms. The molecule has 0 radical (unpaired) electrons. The van der Waals surface area contributed by atoms with Gasteiger partial charge in [-0.2, -0.15) is 11.3 Å². The number of rotatable bonds is 8. The normalized spacial score (nSPS) is 16.5. The van der Waals surface area contributed by atoms with Gasteiger partial charge in [0.25, 0.3) is 11.8 Å². The second-order valence-electron chi connectivity index (χ2n) is 7.38. The molecule has 33 heavy (non-hydrogen) atoms. The first kappa shape index (κ1) is 23.3. The summed E-state index contributed by atoms with van der Waals surface area (Å²) in [5.41, 5.74) is 7.59. The van der Waals surface area contributed by atoms with Crippen LogP contribution in [-0.2, 0) is 20.8 Å². The smallest absolute Gasteiger partial charge is 0.265 e. The summed E-state index contributed by atoms with van der Waals surface area (Å²) >= 11 is 8.89. The lowest BCUT2D eigenvalue weighted by Gasteiger charge is -2.27. The SMILES string of the molecule is NNC(=O)CCc1ccc(C(c2ccsc2)N2NC(=O)C(Sc3ccccc3Cl)C2=O)cc1. The van der Waals surface area contributed by atoms with Crippen molar-refractivity contribution in [1.82, 2.24) is 15.9 Å². The molecule has 2 atom stereocenters. The summed E-state index contributed by atoms with van der Waals surface area (Å²) in [6.45, 7) is 0. The predicted molar refractivity (Wildman–Crippen MR) is 129 cm³/mol. The topological polar surface area (TPSA) is 105 Å². The molecule has 0 spiro atoms. The lowest BCUT2D eigenvalue weighted by molar-refractivity contribution is -0.131. The van der Waals surface area contributed by atoms with Gasteiger partial charge in [-0.15, -0.1) is 11.8 Å². The third-order valence-electron chi connectivity index (χ3n) is 5.23. The van der Waals surface area contributed by atoms with Crippen LogP contribution in [0.25, 0.3) is 0 Å². The van der Waals surface area contributed by atoms with Crippen LogP contribution in [0.1, 0.15) is 29.2 Å². The molecule has 1 aliphatic rings. The van der Waals surface area contributed by atoms with E-state index in [1.807, 2.05) is 47.2 Å². The highest BCUT2D eigenvalue weighted by molar-refractivity contribution is 8.01. The Morgan fingerprint density at radius 3 is 2.58 bits per heavy atom. The van der Waals surface area contributed by atoms with Crippen LogP contribution in [0.15, 0.2) is 70.3 Å². The van der Waals surface area contributed by atoms with Gasteiger partial charge in [0.05, 0.1) is 5.02 Å². The number of amides is 3. The van der Waals surface area contributed by atoms with E-state index < -0.39 is 11.3 Å². The average Bonchev–Trinajstić information content (AvgIpc) is 3.44. The Morgan fingerprint density at radius 1 is 1.15 bits per heavy atom. The van der Waals surface area contributed by atoms with E-state index in [1.165, 1.54) is 16.3 Å². The molecule has 170 valence electrons. The summed E-state index contributed by atoms with van der Waals surface area (Å²) < 4.78 is 0. The summed E-state index contributed by atoms with van der Waals surface area (Å²) in [4.78, 5) is 38.2. The second kappa shape index (κ2) is 10.4. The zero-order chi connectivity index (χ0) is 23.4. The zero-order valence-corrected chi connectivity index (χ0v) is 19.8. The number of hydrogen-bond donors (Lipinski definition) is 3. The van der Waals surface area contributed by atoms with Gasteiger partial charge in [0.15, 0.2) is 5.25 Å². The number of aryl methyl sites for hydroxylation is 1. The van der Waals surface area contributed by atoms with E-state index in [1.54, 1.807) is 18.2 Å². The molecule has 4 N–H and O–H groups in total. The molecule has 3 aromatic rings. The van der Waals surface area contributed by atoms with Crippen molar-refractivity contribution in [2.24, 2.45) is 5.84 Å². The van der Waals surface area contributed by atoms with Crippen molar-refractivity contribution < 1.29 is 14.4 Å². The third-order valence-corrected chi connectivity index (χ3v) is 7.63. The summed E-state index contributed by atoms with van der Waals surface area (Å²) in [5, 5.41) is 4.85. The minimum absolute atomic E-state index is 0.234. The summed E-state index contributed by atoms with van der Waals surface area (Å²) in [6, 6.07) is 16.2. The Bertz CT molecular complexity index is 1150. The first-order valence-corrected chi connectivity index (χ1v) is 12.3. The number of thiophene rings is 1. The Labute approximate surface area is 204 Å². The van der Waals surface area contributed by atoms with E-state index in [4.69, 9.17) is 17.4 Å². The molecule has 0 bridgehead atoms. The van der Waals surface area contributed by atoms with Crippen LogP contribution >= 0.6 is 34.7 Å². The van der Waals surface area contributed by atoms with Crippen LogP contribution in [0.5, 0.6) is 0 Å². The number of hydrazine groups is 2. The minimum atomic E-state index is -0.930. The van der Waals surface area contributed by atoms with Crippen molar-refractivity contribution in [3.8, 4) is 0 Å². The quantitative estimate of drug-likeness (QED) is 0.190. The van der Waals surface area contributed by atoms with E-state index in [-0.39, 0.29) is 24.1 Å². The number of halogens is 1. The van der Waals surface area contributed by atoms with Gasteiger partial charge < -0.3 is 0 Å². The highest BCUT2D eigenvalue weighted by Gasteiger charge is 2.44. The maximum atomic E-state index is 13.3. The monoisotopic (exact) mass is 500 g/mol. The van der Waals surface area contributed by atoms with Crippen LogP contribution in [0.3, 0.4) is 0 Å². The lowest BCUT2D eigenvalue weighted by atomic mass is 9.98. The number of nitrogens with zero attached hydrogens (tertiary/aromatic N) is 1. The molecule has 1 saturated heterocycles. The Morgan fingerprint density at radius 2 is 1.91 bits per heavy atom. The number of carbonyl (C=O) groups excluding carboxylic acids is 3. The molecule has 0 aliphatic carbocycles. The molecular weight excluding hydrogens is 480 g/mol. The molecule has 0 saturated carbocycles. The second-order valence-corrected chi connectivity index (χ2v) is 9.72. The first-order valence-electron chi connectivity index (χ1n) is 10.1. The molecule has 1 aliphatic heterocycles. The van der Waals surface area contributed by atoms with E-state index in [0.717, 1.165) is 28.5 Å². The molecule has 4 rings (SSSR count). The van der Waals surface area contributed by atoms with Gasteiger partial charge in [0, 0.05) is 11.3 Å². The molecular formula is C23H21ClN4O3S2. The van der Waals surface area contributed by atoms with Gasteiger partial charge in [0.1, 0.15) is 6.04 Å². The van der Waals surface area contributed by atoms with Crippen LogP contribution in [0.2, 0.25) is 5.02 Å². The third kappa shape index (κ3) is 5.22. The van der Waals surface area contributed by atoms with Crippen molar-refractivity contribution in [1.29, 1.82) is 0 Å². The van der Waals surface area contributed by atoms with Gasteiger partial charge in [0.2, 0.25) is 5.91 Å². The number of hydrogen-bond acceptors (Lipinski definition) is 6. The summed E-state index contributed by atoms with van der Waals surface area (Å²) in [6.07, 6.45) is 0.827. The van der Waals surface area contributed by atoms with Gasteiger partial charge in [-0.05, 0) is 52.1 Å².